The molecule has 2 fully saturated rings. The molecule has 0 bridgehead atoms. The highest BCUT2D eigenvalue weighted by Gasteiger charge is 2.58. The number of amides is 2. The van der Waals surface area contributed by atoms with Gasteiger partial charge < -0.3 is 14.2 Å². The van der Waals surface area contributed by atoms with Gasteiger partial charge in [-0.15, -0.1) is 6.58 Å². The molecule has 0 aromatic rings. The standard InChI is InChI=1S/C23H38N2O6/c1-11-14-12-15(18(26)29-21(2,3)4)25(20(28)31-23(8,9)10)17(14)16-13-24(16)19(27)30-22(5,6)7/h11,14-17H,1,12-13H2,2-10H3/t14-,15?,16?,17-,24?/m1/s1. The fourth-order valence-electron chi connectivity index (χ4n) is 3.75. The van der Waals surface area contributed by atoms with Crippen molar-refractivity contribution in [3.8, 4) is 0 Å². The SMILES string of the molecule is C=C[C@@H]1CC(C(=O)OC(C)(C)C)N(C(=O)OC(C)(C)C)[C@H]1C1CN1C(=O)OC(C)(C)C. The lowest BCUT2D eigenvalue weighted by Crippen LogP contribution is -2.51. The first-order valence-corrected chi connectivity index (χ1v) is 10.8. The van der Waals surface area contributed by atoms with Crippen LogP contribution in [0.15, 0.2) is 12.7 Å². The quantitative estimate of drug-likeness (QED) is 0.285. The van der Waals surface area contributed by atoms with Gasteiger partial charge in [-0.05, 0) is 68.7 Å². The summed E-state index contributed by atoms with van der Waals surface area (Å²) in [5, 5.41) is 0. The zero-order valence-corrected chi connectivity index (χ0v) is 20.4. The zero-order valence-electron chi connectivity index (χ0n) is 20.4. The third kappa shape index (κ3) is 6.61. The molecule has 2 heterocycles. The summed E-state index contributed by atoms with van der Waals surface area (Å²) in [5.74, 6) is -0.681. The number of likely N-dealkylation sites (tertiary alicyclic amines) is 1. The fourth-order valence-corrected chi connectivity index (χ4v) is 3.75. The molecule has 0 spiro atoms. The average Bonchev–Trinajstić information content (AvgIpc) is 3.22. The maximum Gasteiger partial charge on any atom is 0.411 e. The van der Waals surface area contributed by atoms with Gasteiger partial charge in [0.05, 0.1) is 12.1 Å². The molecule has 0 aliphatic carbocycles. The van der Waals surface area contributed by atoms with Gasteiger partial charge in [0.15, 0.2) is 0 Å². The lowest BCUT2D eigenvalue weighted by atomic mass is 9.96. The van der Waals surface area contributed by atoms with E-state index in [1.54, 1.807) is 73.3 Å². The second-order valence-corrected chi connectivity index (χ2v) is 11.3. The summed E-state index contributed by atoms with van der Waals surface area (Å²) in [4.78, 5) is 41.7. The van der Waals surface area contributed by atoms with Gasteiger partial charge in [-0.25, -0.2) is 14.4 Å². The summed E-state index contributed by atoms with van der Waals surface area (Å²) in [6, 6.07) is -1.54. The van der Waals surface area contributed by atoms with Crippen LogP contribution in [0.4, 0.5) is 9.59 Å². The van der Waals surface area contributed by atoms with Crippen LogP contribution in [0, 0.1) is 5.92 Å². The van der Waals surface area contributed by atoms with Gasteiger partial charge in [0.2, 0.25) is 0 Å². The molecule has 8 heteroatoms. The molecule has 2 amide bonds. The van der Waals surface area contributed by atoms with Gasteiger partial charge in [0.25, 0.3) is 0 Å². The van der Waals surface area contributed by atoms with Crippen molar-refractivity contribution >= 4 is 18.2 Å². The molecule has 0 radical (unpaired) electrons. The predicted molar refractivity (Wildman–Crippen MR) is 117 cm³/mol. The minimum absolute atomic E-state index is 0.192. The first kappa shape index (κ1) is 25.0. The lowest BCUT2D eigenvalue weighted by Gasteiger charge is -2.33. The second-order valence-electron chi connectivity index (χ2n) is 11.3. The molecule has 2 saturated heterocycles. The molecule has 0 saturated carbocycles. The van der Waals surface area contributed by atoms with E-state index in [0.29, 0.717) is 13.0 Å². The van der Waals surface area contributed by atoms with E-state index in [0.717, 1.165) is 0 Å². The Morgan fingerprint density at radius 3 is 1.77 bits per heavy atom. The van der Waals surface area contributed by atoms with Crippen molar-refractivity contribution in [2.24, 2.45) is 5.92 Å². The van der Waals surface area contributed by atoms with E-state index in [9.17, 15) is 14.4 Å². The van der Waals surface area contributed by atoms with Gasteiger partial charge in [-0.2, -0.15) is 0 Å². The molecule has 0 aromatic heterocycles. The van der Waals surface area contributed by atoms with Crippen molar-refractivity contribution in [2.75, 3.05) is 6.54 Å². The van der Waals surface area contributed by atoms with Crippen LogP contribution in [0.2, 0.25) is 0 Å². The maximum absolute atomic E-state index is 13.2. The Morgan fingerprint density at radius 2 is 1.32 bits per heavy atom. The Hall–Kier alpha value is -2.25. The molecular weight excluding hydrogens is 400 g/mol. The Kier molecular flexibility index (Phi) is 6.74. The highest BCUT2D eigenvalue weighted by Crippen LogP contribution is 2.41. The van der Waals surface area contributed by atoms with E-state index in [2.05, 4.69) is 6.58 Å². The minimum Gasteiger partial charge on any atom is -0.458 e. The number of nitrogens with zero attached hydrogens (tertiary/aromatic N) is 2. The smallest absolute Gasteiger partial charge is 0.411 e. The van der Waals surface area contributed by atoms with Crippen LogP contribution < -0.4 is 0 Å². The Balaban J connectivity index is 2.32. The topological polar surface area (TPSA) is 85.2 Å². The number of hydrogen-bond donors (Lipinski definition) is 0. The Labute approximate surface area is 185 Å². The predicted octanol–water partition coefficient (Wildman–Crippen LogP) is 4.13. The van der Waals surface area contributed by atoms with Gasteiger partial charge in [-0.1, -0.05) is 6.08 Å². The zero-order chi connectivity index (χ0) is 23.9. The lowest BCUT2D eigenvalue weighted by molar-refractivity contribution is -0.160. The summed E-state index contributed by atoms with van der Waals surface area (Å²) < 4.78 is 16.7. The average molecular weight is 439 g/mol. The van der Waals surface area contributed by atoms with Gasteiger partial charge in [-0.3, -0.25) is 9.80 Å². The Morgan fingerprint density at radius 1 is 0.839 bits per heavy atom. The van der Waals surface area contributed by atoms with Crippen LogP contribution in [0.3, 0.4) is 0 Å². The molecule has 2 rings (SSSR count). The number of carbonyl (C=O) groups is 3. The van der Waals surface area contributed by atoms with Crippen molar-refractivity contribution in [1.29, 1.82) is 0 Å². The van der Waals surface area contributed by atoms with Crippen LogP contribution in [0.25, 0.3) is 0 Å². The second kappa shape index (κ2) is 8.36. The number of hydrogen-bond acceptors (Lipinski definition) is 6. The molecule has 4 atom stereocenters. The van der Waals surface area contributed by atoms with Crippen molar-refractivity contribution in [3.63, 3.8) is 0 Å². The minimum atomic E-state index is -0.817. The van der Waals surface area contributed by atoms with Crippen molar-refractivity contribution in [3.05, 3.63) is 12.7 Å². The van der Waals surface area contributed by atoms with Gasteiger partial charge in [0, 0.05) is 12.5 Å². The van der Waals surface area contributed by atoms with E-state index in [-0.39, 0.29) is 12.0 Å². The molecule has 2 unspecified atom stereocenters. The van der Waals surface area contributed by atoms with Gasteiger partial charge in [0.1, 0.15) is 22.8 Å². The highest BCUT2D eigenvalue weighted by molar-refractivity contribution is 5.83. The molecule has 8 nitrogen and oxygen atoms in total. The Bertz CT molecular complexity index is 728. The normalized spacial score (nSPS) is 26.4. The van der Waals surface area contributed by atoms with Crippen LogP contribution >= 0.6 is 0 Å². The van der Waals surface area contributed by atoms with Crippen LogP contribution in [-0.4, -0.2) is 69.4 Å². The largest absolute Gasteiger partial charge is 0.458 e. The summed E-state index contributed by atoms with van der Waals surface area (Å²) in [6.07, 6.45) is 1.05. The monoisotopic (exact) mass is 438 g/mol. The fraction of sp³-hybridized carbons (Fsp3) is 0.783. The molecule has 0 aromatic carbocycles. The van der Waals surface area contributed by atoms with Crippen LogP contribution in [0.5, 0.6) is 0 Å². The van der Waals surface area contributed by atoms with Crippen molar-refractivity contribution < 1.29 is 28.6 Å². The highest BCUT2D eigenvalue weighted by atomic mass is 16.6. The number of carbonyl (C=O) groups excluding carboxylic acids is 3. The van der Waals surface area contributed by atoms with E-state index >= 15 is 0 Å². The first-order valence-electron chi connectivity index (χ1n) is 10.8. The molecule has 2 aliphatic heterocycles. The van der Waals surface area contributed by atoms with Crippen LogP contribution in [-0.2, 0) is 19.0 Å². The third-order valence-electron chi connectivity index (χ3n) is 4.85. The molecular formula is C23H38N2O6. The van der Waals surface area contributed by atoms with Crippen LogP contribution in [0.1, 0.15) is 68.7 Å². The third-order valence-corrected chi connectivity index (χ3v) is 4.85. The molecule has 176 valence electrons. The van der Waals surface area contributed by atoms with Crippen molar-refractivity contribution in [2.45, 2.75) is 104 Å². The van der Waals surface area contributed by atoms with Gasteiger partial charge >= 0.3 is 18.2 Å². The maximum atomic E-state index is 13.2. The molecule has 0 N–H and O–H groups in total. The molecule has 2 aliphatic rings. The van der Waals surface area contributed by atoms with Crippen molar-refractivity contribution in [1.82, 2.24) is 9.80 Å². The van der Waals surface area contributed by atoms with E-state index in [1.807, 2.05) is 0 Å². The van der Waals surface area contributed by atoms with E-state index < -0.39 is 47.0 Å². The number of rotatable bonds is 3. The summed E-state index contributed by atoms with van der Waals surface area (Å²) in [6.45, 7) is 20.4. The number of ether oxygens (including phenoxy) is 3. The van der Waals surface area contributed by atoms with E-state index in [1.165, 1.54) is 4.90 Å². The number of esters is 1. The summed E-state index contributed by atoms with van der Waals surface area (Å²) in [7, 11) is 0. The first-order chi connectivity index (χ1) is 13.9. The van der Waals surface area contributed by atoms with E-state index in [4.69, 9.17) is 14.2 Å². The summed E-state index contributed by atoms with van der Waals surface area (Å²) in [5.41, 5.74) is -2.05. The summed E-state index contributed by atoms with van der Waals surface area (Å²) >= 11 is 0. The molecule has 31 heavy (non-hydrogen) atoms.